The van der Waals surface area contributed by atoms with Crippen molar-refractivity contribution in [2.45, 2.75) is 19.9 Å². The predicted molar refractivity (Wildman–Crippen MR) is 78.7 cm³/mol. The van der Waals surface area contributed by atoms with Crippen LogP contribution in [0.5, 0.6) is 0 Å². The number of aromatic nitrogens is 1. The van der Waals surface area contributed by atoms with Crippen molar-refractivity contribution >= 4 is 22.4 Å². The Morgan fingerprint density at radius 3 is 2.63 bits per heavy atom. The van der Waals surface area contributed by atoms with Crippen LogP contribution in [0.4, 0.5) is 5.00 Å². The average molecular weight is 275 g/mol. The van der Waals surface area contributed by atoms with Crippen molar-refractivity contribution in [2.24, 2.45) is 0 Å². The van der Waals surface area contributed by atoms with Gasteiger partial charge in [-0.15, -0.1) is 0 Å². The molecule has 5 heteroatoms. The molecule has 100 valence electrons. The van der Waals surface area contributed by atoms with E-state index >= 15 is 0 Å². The van der Waals surface area contributed by atoms with E-state index in [0.717, 1.165) is 16.3 Å². The normalized spacial score (nSPS) is 11.9. The molecule has 0 aliphatic heterocycles. The maximum atomic E-state index is 12.3. The lowest BCUT2D eigenvalue weighted by Gasteiger charge is -2.14. The monoisotopic (exact) mass is 275 g/mol. The molecule has 0 aliphatic rings. The second-order valence-electron chi connectivity index (χ2n) is 4.33. The number of anilines is 1. The van der Waals surface area contributed by atoms with E-state index in [2.05, 4.69) is 15.0 Å². The van der Waals surface area contributed by atoms with Gasteiger partial charge < -0.3 is 10.6 Å². The number of hydrogen-bond donors (Lipinski definition) is 2. The Balaban J connectivity index is 2.15. The third-order valence-corrected chi connectivity index (χ3v) is 3.92. The number of nitrogens with zero attached hydrogens (tertiary/aromatic N) is 1. The fraction of sp³-hybridized carbons (Fsp3) is 0.286. The highest BCUT2D eigenvalue weighted by Gasteiger charge is 2.19. The van der Waals surface area contributed by atoms with Crippen molar-refractivity contribution in [3.8, 4) is 0 Å². The molecule has 0 spiro atoms. The fourth-order valence-corrected chi connectivity index (χ4v) is 2.64. The van der Waals surface area contributed by atoms with E-state index in [-0.39, 0.29) is 11.9 Å². The van der Waals surface area contributed by atoms with Gasteiger partial charge in [-0.05, 0) is 30.9 Å². The summed E-state index contributed by atoms with van der Waals surface area (Å²) >= 11 is 1.31. The van der Waals surface area contributed by atoms with Gasteiger partial charge in [0.2, 0.25) is 0 Å². The first-order valence-electron chi connectivity index (χ1n) is 6.13. The molecule has 0 aliphatic carbocycles. The Kier molecular flexibility index (Phi) is 4.16. The van der Waals surface area contributed by atoms with Crippen molar-refractivity contribution < 1.29 is 4.79 Å². The lowest BCUT2D eigenvalue weighted by molar-refractivity contribution is 0.0940. The zero-order valence-electron chi connectivity index (χ0n) is 11.2. The van der Waals surface area contributed by atoms with Gasteiger partial charge >= 0.3 is 0 Å². The molecular weight excluding hydrogens is 258 g/mol. The lowest BCUT2D eigenvalue weighted by atomic mass is 10.1. The molecule has 0 saturated heterocycles. The summed E-state index contributed by atoms with van der Waals surface area (Å²) in [6.45, 7) is 3.82. The van der Waals surface area contributed by atoms with Gasteiger partial charge in [-0.1, -0.05) is 30.3 Å². The van der Waals surface area contributed by atoms with Crippen molar-refractivity contribution in [3.63, 3.8) is 0 Å². The highest BCUT2D eigenvalue weighted by Crippen LogP contribution is 2.24. The predicted octanol–water partition coefficient (Wildman–Crippen LogP) is 2.98. The molecular formula is C14H17N3OS. The first-order valence-corrected chi connectivity index (χ1v) is 6.90. The molecule has 1 aromatic carbocycles. The van der Waals surface area contributed by atoms with Gasteiger partial charge in [0.15, 0.2) is 0 Å². The van der Waals surface area contributed by atoms with E-state index in [1.807, 2.05) is 44.2 Å². The van der Waals surface area contributed by atoms with E-state index in [1.54, 1.807) is 7.05 Å². The Labute approximate surface area is 117 Å². The fourth-order valence-electron chi connectivity index (χ4n) is 1.90. The SMILES string of the molecule is CNc1snc(C)c1C(=O)N[C@@H](C)c1ccccc1. The average Bonchev–Trinajstić information content (AvgIpc) is 2.80. The summed E-state index contributed by atoms with van der Waals surface area (Å²) in [6.07, 6.45) is 0. The number of carbonyl (C=O) groups excluding carboxylic acids is 1. The summed E-state index contributed by atoms with van der Waals surface area (Å²) in [5, 5.41) is 6.81. The molecule has 1 aromatic heterocycles. The minimum Gasteiger partial charge on any atom is -0.378 e. The van der Waals surface area contributed by atoms with Crippen molar-refractivity contribution in [1.82, 2.24) is 9.69 Å². The quantitative estimate of drug-likeness (QED) is 0.902. The molecule has 19 heavy (non-hydrogen) atoms. The molecule has 2 N–H and O–H groups in total. The summed E-state index contributed by atoms with van der Waals surface area (Å²) < 4.78 is 4.21. The molecule has 1 amide bonds. The largest absolute Gasteiger partial charge is 0.378 e. The van der Waals surface area contributed by atoms with Crippen LogP contribution in [0.2, 0.25) is 0 Å². The van der Waals surface area contributed by atoms with Crippen LogP contribution in [-0.2, 0) is 0 Å². The van der Waals surface area contributed by atoms with E-state index in [9.17, 15) is 4.79 Å². The van der Waals surface area contributed by atoms with Crippen LogP contribution in [-0.4, -0.2) is 17.3 Å². The molecule has 0 saturated carbocycles. The number of carbonyl (C=O) groups is 1. The van der Waals surface area contributed by atoms with E-state index in [1.165, 1.54) is 11.5 Å². The number of nitrogens with one attached hydrogen (secondary N) is 2. The van der Waals surface area contributed by atoms with Crippen molar-refractivity contribution in [2.75, 3.05) is 12.4 Å². The van der Waals surface area contributed by atoms with Gasteiger partial charge in [-0.25, -0.2) is 0 Å². The van der Waals surface area contributed by atoms with Crippen LogP contribution in [0, 0.1) is 6.92 Å². The second-order valence-corrected chi connectivity index (χ2v) is 5.10. The van der Waals surface area contributed by atoms with Crippen LogP contribution in [0.3, 0.4) is 0 Å². The summed E-state index contributed by atoms with van der Waals surface area (Å²) in [7, 11) is 1.80. The molecule has 1 heterocycles. The van der Waals surface area contributed by atoms with Gasteiger partial charge in [-0.2, -0.15) is 4.37 Å². The number of rotatable bonds is 4. The lowest BCUT2D eigenvalue weighted by Crippen LogP contribution is -2.27. The zero-order valence-corrected chi connectivity index (χ0v) is 12.0. The maximum Gasteiger partial charge on any atom is 0.256 e. The number of hydrogen-bond acceptors (Lipinski definition) is 4. The zero-order chi connectivity index (χ0) is 13.8. The summed E-state index contributed by atoms with van der Waals surface area (Å²) in [6, 6.07) is 9.87. The van der Waals surface area contributed by atoms with Crippen molar-refractivity contribution in [1.29, 1.82) is 0 Å². The molecule has 2 rings (SSSR count). The van der Waals surface area contributed by atoms with Crippen molar-refractivity contribution in [3.05, 3.63) is 47.2 Å². The third kappa shape index (κ3) is 2.93. The number of aryl methyl sites for hydroxylation is 1. The van der Waals surface area contributed by atoms with Crippen LogP contribution in [0.15, 0.2) is 30.3 Å². The van der Waals surface area contributed by atoms with E-state index < -0.39 is 0 Å². The maximum absolute atomic E-state index is 12.3. The second kappa shape index (κ2) is 5.84. The highest BCUT2D eigenvalue weighted by molar-refractivity contribution is 7.10. The first-order chi connectivity index (χ1) is 9.13. The molecule has 1 atom stereocenters. The molecule has 0 bridgehead atoms. The summed E-state index contributed by atoms with van der Waals surface area (Å²) in [5.41, 5.74) is 2.48. The van der Waals surface area contributed by atoms with E-state index in [4.69, 9.17) is 0 Å². The van der Waals surface area contributed by atoms with Gasteiger partial charge in [-0.3, -0.25) is 4.79 Å². The number of benzene rings is 1. The Hall–Kier alpha value is -1.88. The third-order valence-electron chi connectivity index (χ3n) is 2.96. The van der Waals surface area contributed by atoms with Gasteiger partial charge in [0.05, 0.1) is 17.3 Å². The van der Waals surface area contributed by atoms with Crippen LogP contribution >= 0.6 is 11.5 Å². The molecule has 0 unspecified atom stereocenters. The first kappa shape index (κ1) is 13.5. The Bertz CT molecular complexity index is 565. The molecule has 4 nitrogen and oxygen atoms in total. The highest BCUT2D eigenvalue weighted by atomic mass is 32.1. The minimum atomic E-state index is -0.0908. The van der Waals surface area contributed by atoms with Gasteiger partial charge in [0.1, 0.15) is 5.00 Å². The topological polar surface area (TPSA) is 54.0 Å². The van der Waals surface area contributed by atoms with Crippen LogP contribution < -0.4 is 10.6 Å². The van der Waals surface area contributed by atoms with E-state index in [0.29, 0.717) is 5.56 Å². The standard InChI is InChI=1S/C14H17N3OS/c1-9(11-7-5-4-6-8-11)16-13(18)12-10(2)17-19-14(12)15-3/h4-9,15H,1-3H3,(H,16,18)/t9-/m0/s1. The van der Waals surface area contributed by atoms with Crippen LogP contribution in [0.1, 0.15) is 34.6 Å². The van der Waals surface area contributed by atoms with Gasteiger partial charge in [0.25, 0.3) is 5.91 Å². The number of amides is 1. The smallest absolute Gasteiger partial charge is 0.256 e. The minimum absolute atomic E-state index is 0.0299. The van der Waals surface area contributed by atoms with Crippen LogP contribution in [0.25, 0.3) is 0 Å². The molecule has 0 radical (unpaired) electrons. The molecule has 0 fully saturated rings. The Morgan fingerprint density at radius 1 is 1.32 bits per heavy atom. The van der Waals surface area contributed by atoms with Gasteiger partial charge in [0, 0.05) is 7.05 Å². The summed E-state index contributed by atoms with van der Waals surface area (Å²) in [4.78, 5) is 12.3. The summed E-state index contributed by atoms with van der Waals surface area (Å²) in [5.74, 6) is -0.0908. The molecule has 2 aromatic rings. The Morgan fingerprint density at radius 2 is 2.00 bits per heavy atom.